The van der Waals surface area contributed by atoms with E-state index in [0.717, 1.165) is 11.3 Å². The first kappa shape index (κ1) is 11.8. The van der Waals surface area contributed by atoms with Gasteiger partial charge in [-0.1, -0.05) is 17.7 Å². The van der Waals surface area contributed by atoms with Crippen LogP contribution in [-0.2, 0) is 0 Å². The van der Waals surface area contributed by atoms with Gasteiger partial charge in [-0.05, 0) is 43.5 Å². The van der Waals surface area contributed by atoms with Crippen LogP contribution in [0.5, 0.6) is 0 Å². The van der Waals surface area contributed by atoms with Gasteiger partial charge in [0.1, 0.15) is 0 Å². The lowest BCUT2D eigenvalue weighted by atomic mass is 10.1. The maximum atomic E-state index is 6.30. The molecule has 2 aromatic rings. The molecule has 0 saturated heterocycles. The molecule has 3 rings (SSSR count). The smallest absolute Gasteiger partial charge is 0.0832 e. The largest absolute Gasteiger partial charge is 0.324 e. The first-order valence-corrected chi connectivity index (χ1v) is 6.64. The molecule has 1 aromatic heterocycles. The van der Waals surface area contributed by atoms with E-state index < -0.39 is 0 Å². The molecule has 1 fully saturated rings. The Hall–Kier alpha value is -1.32. The molecule has 1 aromatic carbocycles. The molecule has 1 aliphatic rings. The van der Waals surface area contributed by atoms with Gasteiger partial charge in [0.05, 0.1) is 16.4 Å². The van der Waals surface area contributed by atoms with Crippen LogP contribution in [0, 0.1) is 0 Å². The van der Waals surface area contributed by atoms with Crippen LogP contribution in [0.25, 0.3) is 5.69 Å². The highest BCUT2D eigenvalue weighted by atomic mass is 35.5. The van der Waals surface area contributed by atoms with E-state index in [2.05, 4.69) is 11.2 Å². The molecule has 1 aliphatic carbocycles. The number of rotatable bonds is 3. The van der Waals surface area contributed by atoms with E-state index in [1.54, 1.807) is 0 Å². The summed E-state index contributed by atoms with van der Waals surface area (Å²) >= 11 is 6.30. The third kappa shape index (κ3) is 2.16. The zero-order valence-electron chi connectivity index (χ0n) is 10.3. The Morgan fingerprint density at radius 2 is 2.17 bits per heavy atom. The van der Waals surface area contributed by atoms with Gasteiger partial charge < -0.3 is 5.73 Å². The van der Waals surface area contributed by atoms with E-state index in [1.807, 2.05) is 36.0 Å². The van der Waals surface area contributed by atoms with Crippen LogP contribution < -0.4 is 5.73 Å². The molecule has 1 heterocycles. The first-order valence-electron chi connectivity index (χ1n) is 6.26. The standard InChI is InChI=1S/C14H16ClN3/c1-9(16)11-4-5-14(12(15)8-11)18-7-6-13(17-18)10-2-3-10/h4-10H,2-3,16H2,1H3/t9-/m0/s1. The van der Waals surface area contributed by atoms with Gasteiger partial charge in [-0.25, -0.2) is 4.68 Å². The molecule has 0 spiro atoms. The van der Waals surface area contributed by atoms with Gasteiger partial charge in [0.2, 0.25) is 0 Å². The summed E-state index contributed by atoms with van der Waals surface area (Å²) in [5.74, 6) is 0.661. The van der Waals surface area contributed by atoms with Crippen molar-refractivity contribution in [3.8, 4) is 5.69 Å². The van der Waals surface area contributed by atoms with Crippen LogP contribution in [0.15, 0.2) is 30.5 Å². The molecule has 0 amide bonds. The van der Waals surface area contributed by atoms with E-state index >= 15 is 0 Å². The highest BCUT2D eigenvalue weighted by molar-refractivity contribution is 6.32. The van der Waals surface area contributed by atoms with Crippen molar-refractivity contribution in [2.75, 3.05) is 0 Å². The maximum absolute atomic E-state index is 6.30. The van der Waals surface area contributed by atoms with E-state index in [4.69, 9.17) is 17.3 Å². The minimum Gasteiger partial charge on any atom is -0.324 e. The molecule has 0 bridgehead atoms. The Bertz CT molecular complexity index is 570. The highest BCUT2D eigenvalue weighted by Crippen LogP contribution is 2.39. The lowest BCUT2D eigenvalue weighted by molar-refractivity contribution is 0.810. The van der Waals surface area contributed by atoms with Crippen molar-refractivity contribution < 1.29 is 0 Å². The molecule has 18 heavy (non-hydrogen) atoms. The van der Waals surface area contributed by atoms with E-state index in [0.29, 0.717) is 10.9 Å². The van der Waals surface area contributed by atoms with Crippen molar-refractivity contribution in [1.82, 2.24) is 9.78 Å². The molecule has 0 radical (unpaired) electrons. The molecular weight excluding hydrogens is 246 g/mol. The summed E-state index contributed by atoms with van der Waals surface area (Å²) in [6.45, 7) is 1.95. The molecule has 3 nitrogen and oxygen atoms in total. The van der Waals surface area contributed by atoms with Crippen molar-refractivity contribution in [1.29, 1.82) is 0 Å². The summed E-state index contributed by atoms with van der Waals surface area (Å²) < 4.78 is 1.85. The predicted molar refractivity (Wildman–Crippen MR) is 73.2 cm³/mol. The average Bonchev–Trinajstić information content (AvgIpc) is 3.08. The SMILES string of the molecule is C[C@H](N)c1ccc(-n2ccc(C3CC3)n2)c(Cl)c1. The second-order valence-electron chi connectivity index (χ2n) is 4.96. The second kappa shape index (κ2) is 4.41. The molecule has 0 aliphatic heterocycles. The molecule has 0 unspecified atom stereocenters. The Labute approximate surface area is 112 Å². The maximum Gasteiger partial charge on any atom is 0.0832 e. The fraction of sp³-hybridized carbons (Fsp3) is 0.357. The van der Waals surface area contributed by atoms with Crippen LogP contribution in [0.4, 0.5) is 0 Å². The monoisotopic (exact) mass is 261 g/mol. The highest BCUT2D eigenvalue weighted by Gasteiger charge is 2.26. The van der Waals surface area contributed by atoms with Gasteiger partial charge in [0.15, 0.2) is 0 Å². The minimum atomic E-state index is -0.00352. The lowest BCUT2D eigenvalue weighted by Gasteiger charge is -2.09. The number of nitrogens with two attached hydrogens (primary N) is 1. The molecule has 1 atom stereocenters. The summed E-state index contributed by atoms with van der Waals surface area (Å²) in [7, 11) is 0. The number of nitrogens with zero attached hydrogens (tertiary/aromatic N) is 2. The van der Waals surface area contributed by atoms with Gasteiger partial charge in [-0.2, -0.15) is 5.10 Å². The summed E-state index contributed by atoms with van der Waals surface area (Å²) in [5.41, 5.74) is 8.96. The third-order valence-electron chi connectivity index (χ3n) is 3.35. The minimum absolute atomic E-state index is 0.00352. The summed E-state index contributed by atoms with van der Waals surface area (Å²) in [6.07, 6.45) is 4.49. The number of halogens is 1. The molecule has 2 N–H and O–H groups in total. The Morgan fingerprint density at radius 3 is 2.78 bits per heavy atom. The fourth-order valence-electron chi connectivity index (χ4n) is 2.06. The third-order valence-corrected chi connectivity index (χ3v) is 3.65. The van der Waals surface area contributed by atoms with Crippen molar-refractivity contribution >= 4 is 11.6 Å². The summed E-state index contributed by atoms with van der Waals surface area (Å²) in [4.78, 5) is 0. The first-order chi connectivity index (χ1) is 8.65. The van der Waals surface area contributed by atoms with Gasteiger partial charge in [-0.3, -0.25) is 0 Å². The quantitative estimate of drug-likeness (QED) is 0.920. The van der Waals surface area contributed by atoms with Gasteiger partial charge in [0.25, 0.3) is 0 Å². The van der Waals surface area contributed by atoms with Crippen molar-refractivity contribution in [3.63, 3.8) is 0 Å². The van der Waals surface area contributed by atoms with E-state index in [-0.39, 0.29) is 6.04 Å². The van der Waals surface area contributed by atoms with Gasteiger partial charge in [0, 0.05) is 18.2 Å². The van der Waals surface area contributed by atoms with Crippen molar-refractivity contribution in [3.05, 3.63) is 46.7 Å². The normalized spacial score (nSPS) is 16.8. The predicted octanol–water partition coefficient (Wildman–Crippen LogP) is 3.42. The summed E-state index contributed by atoms with van der Waals surface area (Å²) in [5, 5.41) is 5.27. The van der Waals surface area contributed by atoms with Crippen molar-refractivity contribution in [2.45, 2.75) is 31.7 Å². The lowest BCUT2D eigenvalue weighted by Crippen LogP contribution is -2.05. The van der Waals surface area contributed by atoms with Gasteiger partial charge >= 0.3 is 0 Å². The van der Waals surface area contributed by atoms with E-state index in [9.17, 15) is 0 Å². The summed E-state index contributed by atoms with van der Waals surface area (Å²) in [6, 6.07) is 7.97. The second-order valence-corrected chi connectivity index (χ2v) is 5.37. The van der Waals surface area contributed by atoms with E-state index in [1.165, 1.54) is 18.5 Å². The van der Waals surface area contributed by atoms with Gasteiger partial charge in [-0.15, -0.1) is 0 Å². The van der Waals surface area contributed by atoms with Crippen LogP contribution in [-0.4, -0.2) is 9.78 Å². The molecule has 4 heteroatoms. The zero-order valence-corrected chi connectivity index (χ0v) is 11.1. The molecular formula is C14H16ClN3. The number of hydrogen-bond donors (Lipinski definition) is 1. The van der Waals surface area contributed by atoms with Crippen LogP contribution in [0.2, 0.25) is 5.02 Å². The Morgan fingerprint density at radius 1 is 1.39 bits per heavy atom. The molecule has 94 valence electrons. The number of hydrogen-bond acceptors (Lipinski definition) is 2. The van der Waals surface area contributed by atoms with Crippen LogP contribution in [0.3, 0.4) is 0 Å². The Balaban J connectivity index is 1.94. The number of aromatic nitrogens is 2. The fourth-order valence-corrected chi connectivity index (χ4v) is 2.34. The molecule has 1 saturated carbocycles. The zero-order chi connectivity index (χ0) is 12.7. The topological polar surface area (TPSA) is 43.8 Å². The number of benzene rings is 1. The van der Waals surface area contributed by atoms with Crippen LogP contribution >= 0.6 is 11.6 Å². The van der Waals surface area contributed by atoms with Crippen LogP contribution in [0.1, 0.15) is 43.0 Å². The van der Waals surface area contributed by atoms with Crippen molar-refractivity contribution in [2.24, 2.45) is 5.73 Å². The Kier molecular flexibility index (Phi) is 2.88. The average molecular weight is 262 g/mol.